The number of rotatable bonds is 6. The fourth-order valence-corrected chi connectivity index (χ4v) is 2.69. The second-order valence-electron chi connectivity index (χ2n) is 4.51. The summed E-state index contributed by atoms with van der Waals surface area (Å²) in [6, 6.07) is 12.2. The lowest BCUT2D eigenvalue weighted by Crippen LogP contribution is -2.11. The number of hydrogen-bond donors (Lipinski definition) is 1. The molecule has 2 aromatic rings. The molecular formula is C15H14O6S. The van der Waals surface area contributed by atoms with Crippen LogP contribution in [-0.2, 0) is 14.9 Å². The van der Waals surface area contributed by atoms with Gasteiger partial charge in [-0.3, -0.25) is 0 Å². The average Bonchev–Trinajstić information content (AvgIpc) is 2.45. The Bertz CT molecular complexity index is 768. The van der Waals surface area contributed by atoms with E-state index in [9.17, 15) is 13.2 Å². The van der Waals surface area contributed by atoms with Crippen LogP contribution in [0.4, 0.5) is 0 Å². The van der Waals surface area contributed by atoms with Gasteiger partial charge in [0.25, 0.3) is 0 Å². The Morgan fingerprint density at radius 1 is 1.09 bits per heavy atom. The summed E-state index contributed by atoms with van der Waals surface area (Å²) in [5, 5.41) is 8.60. The number of carboxylic acids is 1. The lowest BCUT2D eigenvalue weighted by molar-refractivity contribution is -0.139. The van der Waals surface area contributed by atoms with Crippen LogP contribution >= 0.6 is 0 Å². The molecule has 0 aromatic heterocycles. The van der Waals surface area contributed by atoms with Crippen LogP contribution in [0.1, 0.15) is 5.56 Å². The molecule has 0 saturated carbocycles. The van der Waals surface area contributed by atoms with Crippen molar-refractivity contribution < 1.29 is 27.2 Å². The molecule has 0 aliphatic heterocycles. The van der Waals surface area contributed by atoms with Crippen LogP contribution in [-0.4, -0.2) is 26.1 Å². The molecule has 0 saturated heterocycles. The summed E-state index contributed by atoms with van der Waals surface area (Å²) in [4.78, 5) is 10.5. The van der Waals surface area contributed by atoms with Crippen LogP contribution in [0.25, 0.3) is 0 Å². The van der Waals surface area contributed by atoms with E-state index < -0.39 is 22.7 Å². The van der Waals surface area contributed by atoms with Gasteiger partial charge in [-0.25, -0.2) is 4.79 Å². The minimum Gasteiger partial charge on any atom is -0.482 e. The largest absolute Gasteiger partial charge is 0.482 e. The molecule has 0 atom stereocenters. The molecule has 22 heavy (non-hydrogen) atoms. The summed E-state index contributed by atoms with van der Waals surface area (Å²) in [5.74, 6) is -0.842. The third-order valence-electron chi connectivity index (χ3n) is 2.62. The van der Waals surface area contributed by atoms with Gasteiger partial charge in [-0.1, -0.05) is 18.2 Å². The van der Waals surface area contributed by atoms with Gasteiger partial charge in [-0.15, -0.1) is 0 Å². The van der Waals surface area contributed by atoms with Crippen molar-refractivity contribution in [2.24, 2.45) is 0 Å². The molecule has 0 bridgehead atoms. The standard InChI is InChI=1S/C15H14O6S/c1-11-7-12(20-10-15(16)17)9-13(8-11)21-22(18,19)14-5-3-2-4-6-14/h2-9H,10H2,1H3,(H,16,17). The number of aryl methyl sites for hydroxylation is 1. The van der Waals surface area contributed by atoms with Crippen molar-refractivity contribution in [3.05, 3.63) is 54.1 Å². The number of hydrogen-bond acceptors (Lipinski definition) is 5. The Morgan fingerprint density at radius 2 is 1.73 bits per heavy atom. The van der Waals surface area contributed by atoms with Crippen LogP contribution in [0, 0.1) is 6.92 Å². The highest BCUT2D eigenvalue weighted by molar-refractivity contribution is 7.87. The van der Waals surface area contributed by atoms with Crippen LogP contribution < -0.4 is 8.92 Å². The van der Waals surface area contributed by atoms with E-state index in [4.69, 9.17) is 14.0 Å². The van der Waals surface area contributed by atoms with Crippen molar-refractivity contribution in [3.8, 4) is 11.5 Å². The zero-order valence-electron chi connectivity index (χ0n) is 11.7. The van der Waals surface area contributed by atoms with Gasteiger partial charge >= 0.3 is 16.1 Å². The fourth-order valence-electron chi connectivity index (χ4n) is 1.75. The molecule has 7 heteroatoms. The van der Waals surface area contributed by atoms with Gasteiger partial charge in [-0.2, -0.15) is 8.42 Å². The third kappa shape index (κ3) is 4.23. The smallest absolute Gasteiger partial charge is 0.341 e. The lowest BCUT2D eigenvalue weighted by atomic mass is 10.2. The highest BCUT2D eigenvalue weighted by atomic mass is 32.2. The van der Waals surface area contributed by atoms with Gasteiger partial charge in [0.05, 0.1) is 0 Å². The van der Waals surface area contributed by atoms with Crippen molar-refractivity contribution in [1.82, 2.24) is 0 Å². The number of ether oxygens (including phenoxy) is 1. The van der Waals surface area contributed by atoms with Crippen molar-refractivity contribution >= 4 is 16.1 Å². The Kier molecular flexibility index (Phi) is 4.67. The lowest BCUT2D eigenvalue weighted by Gasteiger charge is -2.10. The predicted molar refractivity (Wildman–Crippen MR) is 78.6 cm³/mol. The van der Waals surface area contributed by atoms with E-state index >= 15 is 0 Å². The van der Waals surface area contributed by atoms with E-state index in [0.717, 1.165) is 0 Å². The first-order valence-electron chi connectivity index (χ1n) is 6.33. The molecule has 2 aromatic carbocycles. The van der Waals surface area contributed by atoms with Gasteiger partial charge in [0.1, 0.15) is 16.4 Å². The van der Waals surface area contributed by atoms with Crippen LogP contribution in [0.2, 0.25) is 0 Å². The van der Waals surface area contributed by atoms with Gasteiger partial charge in [0.2, 0.25) is 0 Å². The first-order valence-corrected chi connectivity index (χ1v) is 7.73. The Balaban J connectivity index is 2.24. The Labute approximate surface area is 128 Å². The zero-order valence-corrected chi connectivity index (χ0v) is 12.5. The maximum Gasteiger partial charge on any atom is 0.341 e. The monoisotopic (exact) mass is 322 g/mol. The molecule has 0 aliphatic rings. The molecule has 6 nitrogen and oxygen atoms in total. The molecule has 116 valence electrons. The molecule has 0 unspecified atom stereocenters. The molecular weight excluding hydrogens is 308 g/mol. The van der Waals surface area contributed by atoms with Crippen LogP contribution in [0.3, 0.4) is 0 Å². The number of carbonyl (C=O) groups is 1. The van der Waals surface area contributed by atoms with Crippen LogP contribution in [0.15, 0.2) is 53.4 Å². The topological polar surface area (TPSA) is 89.9 Å². The minimum atomic E-state index is -3.95. The summed E-state index contributed by atoms with van der Waals surface area (Å²) in [5.41, 5.74) is 0.682. The molecule has 0 fully saturated rings. The minimum absolute atomic E-state index is 0.0320. The highest BCUT2D eigenvalue weighted by Gasteiger charge is 2.16. The Hall–Kier alpha value is -2.54. The van der Waals surface area contributed by atoms with Gasteiger partial charge in [0.15, 0.2) is 6.61 Å². The number of aliphatic carboxylic acids is 1. The normalized spacial score (nSPS) is 11.0. The molecule has 0 amide bonds. The SMILES string of the molecule is Cc1cc(OCC(=O)O)cc(OS(=O)(=O)c2ccccc2)c1. The fraction of sp³-hybridized carbons (Fsp3) is 0.133. The van der Waals surface area contributed by atoms with E-state index in [-0.39, 0.29) is 16.4 Å². The maximum absolute atomic E-state index is 12.1. The van der Waals surface area contributed by atoms with Gasteiger partial charge in [-0.05, 0) is 36.8 Å². The van der Waals surface area contributed by atoms with Crippen LogP contribution in [0.5, 0.6) is 11.5 Å². The first-order chi connectivity index (χ1) is 10.4. The van der Waals surface area contributed by atoms with Gasteiger partial charge in [0, 0.05) is 6.07 Å². The van der Waals surface area contributed by atoms with E-state index in [1.54, 1.807) is 31.2 Å². The molecule has 0 aliphatic carbocycles. The summed E-state index contributed by atoms with van der Waals surface area (Å²) in [7, 11) is -3.95. The van der Waals surface area contributed by atoms with E-state index in [1.807, 2.05) is 0 Å². The predicted octanol–water partition coefficient (Wildman–Crippen LogP) is 2.23. The maximum atomic E-state index is 12.1. The quantitative estimate of drug-likeness (QED) is 0.820. The molecule has 1 N–H and O–H groups in total. The molecule has 0 spiro atoms. The summed E-state index contributed by atoms with van der Waals surface area (Å²) < 4.78 is 34.4. The van der Waals surface area contributed by atoms with E-state index in [2.05, 4.69) is 0 Å². The molecule has 0 radical (unpaired) electrons. The van der Waals surface area contributed by atoms with Crippen molar-refractivity contribution in [2.75, 3.05) is 6.61 Å². The second kappa shape index (κ2) is 6.48. The molecule has 2 rings (SSSR count). The van der Waals surface area contributed by atoms with Crippen molar-refractivity contribution in [3.63, 3.8) is 0 Å². The second-order valence-corrected chi connectivity index (χ2v) is 6.06. The summed E-state index contributed by atoms with van der Waals surface area (Å²) >= 11 is 0. The highest BCUT2D eigenvalue weighted by Crippen LogP contribution is 2.25. The van der Waals surface area contributed by atoms with E-state index in [1.165, 1.54) is 24.3 Å². The van der Waals surface area contributed by atoms with Crippen molar-refractivity contribution in [1.29, 1.82) is 0 Å². The van der Waals surface area contributed by atoms with E-state index in [0.29, 0.717) is 5.56 Å². The first kappa shape index (κ1) is 15.8. The summed E-state index contributed by atoms with van der Waals surface area (Å²) in [6.07, 6.45) is 0. The molecule has 0 heterocycles. The van der Waals surface area contributed by atoms with Gasteiger partial charge < -0.3 is 14.0 Å². The third-order valence-corrected chi connectivity index (χ3v) is 3.89. The summed E-state index contributed by atoms with van der Waals surface area (Å²) in [6.45, 7) is 1.20. The Morgan fingerprint density at radius 3 is 2.36 bits per heavy atom. The average molecular weight is 322 g/mol. The number of benzene rings is 2. The number of carboxylic acid groups (broad SMARTS) is 1. The van der Waals surface area contributed by atoms with Crippen molar-refractivity contribution in [2.45, 2.75) is 11.8 Å². The zero-order chi connectivity index (χ0) is 16.2.